The molecule has 1 aromatic rings. The first-order valence-electron chi connectivity index (χ1n) is 11.2. The van der Waals surface area contributed by atoms with Gasteiger partial charge < -0.3 is 14.4 Å². The summed E-state index contributed by atoms with van der Waals surface area (Å²) in [6.45, 7) is 8.15. The summed E-state index contributed by atoms with van der Waals surface area (Å²) in [4.78, 5) is 15.0. The molecule has 2 bridgehead atoms. The molecule has 1 heterocycles. The van der Waals surface area contributed by atoms with Crippen LogP contribution in [0.25, 0.3) is 0 Å². The molecule has 0 N–H and O–H groups in total. The quantitative estimate of drug-likeness (QED) is 0.661. The van der Waals surface area contributed by atoms with Crippen molar-refractivity contribution in [3.05, 3.63) is 29.8 Å². The second-order valence-electron chi connectivity index (χ2n) is 9.42. The molecule has 0 aromatic heterocycles. The van der Waals surface area contributed by atoms with Gasteiger partial charge in [0.05, 0.1) is 6.61 Å². The van der Waals surface area contributed by atoms with Crippen LogP contribution < -0.4 is 4.74 Å². The Kier molecular flexibility index (Phi) is 5.69. The molecule has 2 aliphatic carbocycles. The van der Waals surface area contributed by atoms with E-state index in [1.54, 1.807) is 13.8 Å². The number of likely N-dealkylation sites (tertiary alicyclic amines) is 1. The number of carbonyl (C=O) groups excluding carboxylic acids is 1. The average molecular weight is 386 g/mol. The molecule has 3 aliphatic rings. The lowest BCUT2D eigenvalue weighted by Gasteiger charge is -2.40. The molecular formula is C24H35NO3. The van der Waals surface area contributed by atoms with Gasteiger partial charge in [0.2, 0.25) is 0 Å². The molecule has 0 spiro atoms. The molecule has 4 nitrogen and oxygen atoms in total. The van der Waals surface area contributed by atoms with Gasteiger partial charge in [-0.15, -0.1) is 0 Å². The first-order valence-corrected chi connectivity index (χ1v) is 11.2. The molecule has 3 fully saturated rings. The Labute approximate surface area is 169 Å². The Bertz CT molecular complexity index is 693. The topological polar surface area (TPSA) is 38.8 Å². The van der Waals surface area contributed by atoms with Crippen LogP contribution in [0, 0.1) is 11.8 Å². The predicted molar refractivity (Wildman–Crippen MR) is 111 cm³/mol. The van der Waals surface area contributed by atoms with Crippen molar-refractivity contribution in [2.45, 2.75) is 76.9 Å². The number of nitrogens with zero attached hydrogens (tertiary/aromatic N) is 1. The van der Waals surface area contributed by atoms with Gasteiger partial charge in [-0.3, -0.25) is 0 Å². The third-order valence-corrected chi connectivity index (χ3v) is 7.19. The first-order chi connectivity index (χ1) is 13.5. The highest BCUT2D eigenvalue weighted by atomic mass is 16.6. The average Bonchev–Trinajstić information content (AvgIpc) is 3.32. The van der Waals surface area contributed by atoms with Crippen LogP contribution in [-0.4, -0.2) is 42.2 Å². The normalized spacial score (nSPS) is 28.5. The third-order valence-electron chi connectivity index (χ3n) is 7.19. The number of carbonyl (C=O) groups is 1. The second-order valence-corrected chi connectivity index (χ2v) is 9.42. The summed E-state index contributed by atoms with van der Waals surface area (Å²) in [5.74, 6) is 2.99. The fraction of sp³-hybridized carbons (Fsp3) is 0.708. The number of ether oxygens (including phenoxy) is 2. The van der Waals surface area contributed by atoms with Crippen molar-refractivity contribution in [2.75, 3.05) is 19.7 Å². The van der Waals surface area contributed by atoms with Crippen LogP contribution in [0.4, 0.5) is 0 Å². The van der Waals surface area contributed by atoms with E-state index in [9.17, 15) is 4.79 Å². The summed E-state index contributed by atoms with van der Waals surface area (Å²) in [6.07, 6.45) is 8.18. The smallest absolute Gasteiger partial charge is 0.349 e. The van der Waals surface area contributed by atoms with E-state index in [4.69, 9.17) is 9.47 Å². The number of hydrogen-bond donors (Lipinski definition) is 0. The fourth-order valence-electron chi connectivity index (χ4n) is 5.73. The minimum atomic E-state index is -0.976. The molecule has 3 atom stereocenters. The van der Waals surface area contributed by atoms with Crippen LogP contribution in [0.15, 0.2) is 24.3 Å². The van der Waals surface area contributed by atoms with E-state index in [0.29, 0.717) is 12.5 Å². The predicted octanol–water partition coefficient (Wildman–Crippen LogP) is 4.78. The van der Waals surface area contributed by atoms with Gasteiger partial charge in [0.15, 0.2) is 5.60 Å². The van der Waals surface area contributed by atoms with Crippen LogP contribution in [0.1, 0.15) is 70.8 Å². The third kappa shape index (κ3) is 3.94. The van der Waals surface area contributed by atoms with Gasteiger partial charge in [-0.2, -0.15) is 0 Å². The molecule has 1 saturated heterocycles. The molecule has 154 valence electrons. The molecule has 1 aliphatic heterocycles. The van der Waals surface area contributed by atoms with E-state index < -0.39 is 5.60 Å². The Balaban J connectivity index is 1.41. The number of piperidine rings is 1. The molecule has 4 rings (SSSR count). The maximum Gasteiger partial charge on any atom is 0.349 e. The summed E-state index contributed by atoms with van der Waals surface area (Å²) >= 11 is 0. The zero-order valence-electron chi connectivity index (χ0n) is 17.7. The molecule has 0 radical (unpaired) electrons. The highest BCUT2D eigenvalue weighted by Crippen LogP contribution is 2.48. The summed E-state index contributed by atoms with van der Waals surface area (Å²) in [7, 11) is 0. The van der Waals surface area contributed by atoms with Crippen molar-refractivity contribution < 1.29 is 14.3 Å². The van der Waals surface area contributed by atoms with Crippen molar-refractivity contribution in [3.8, 4) is 5.75 Å². The molecule has 2 saturated carbocycles. The van der Waals surface area contributed by atoms with Gasteiger partial charge in [-0.1, -0.05) is 24.6 Å². The van der Waals surface area contributed by atoms with Gasteiger partial charge in [0.25, 0.3) is 0 Å². The number of fused-ring (bicyclic) bond motifs is 2. The summed E-state index contributed by atoms with van der Waals surface area (Å²) in [5, 5.41) is 0. The van der Waals surface area contributed by atoms with Crippen molar-refractivity contribution in [2.24, 2.45) is 11.8 Å². The van der Waals surface area contributed by atoms with Crippen LogP contribution in [0.3, 0.4) is 0 Å². The van der Waals surface area contributed by atoms with Crippen LogP contribution in [0.2, 0.25) is 0 Å². The summed E-state index contributed by atoms with van der Waals surface area (Å²) in [5.41, 5.74) is 0.267. The molecule has 0 amide bonds. The van der Waals surface area contributed by atoms with Crippen LogP contribution in [0.5, 0.6) is 5.75 Å². The van der Waals surface area contributed by atoms with E-state index in [2.05, 4.69) is 17.0 Å². The lowest BCUT2D eigenvalue weighted by atomic mass is 9.86. The van der Waals surface area contributed by atoms with Gasteiger partial charge >= 0.3 is 5.97 Å². The van der Waals surface area contributed by atoms with E-state index in [1.807, 2.05) is 19.1 Å². The largest absolute Gasteiger partial charge is 0.476 e. The minimum Gasteiger partial charge on any atom is -0.476 e. The minimum absolute atomic E-state index is 0.309. The first kappa shape index (κ1) is 19.8. The van der Waals surface area contributed by atoms with Crippen molar-refractivity contribution in [1.29, 1.82) is 0 Å². The SMILES string of the molecule is CCOC(=O)C(C)(C)Oc1ccccc1C1CCN([C@H]2CC3CCC2C3)CC1. The van der Waals surface area contributed by atoms with E-state index in [-0.39, 0.29) is 5.97 Å². The van der Waals surface area contributed by atoms with E-state index in [0.717, 1.165) is 23.6 Å². The molecule has 28 heavy (non-hydrogen) atoms. The molecule has 1 aromatic carbocycles. The highest BCUT2D eigenvalue weighted by Gasteiger charge is 2.43. The number of hydrogen-bond acceptors (Lipinski definition) is 4. The number of para-hydroxylation sites is 1. The lowest BCUT2D eigenvalue weighted by Crippen LogP contribution is -2.43. The van der Waals surface area contributed by atoms with Gasteiger partial charge in [0, 0.05) is 6.04 Å². The second kappa shape index (κ2) is 8.06. The van der Waals surface area contributed by atoms with E-state index in [1.165, 1.54) is 57.2 Å². The van der Waals surface area contributed by atoms with Crippen molar-refractivity contribution >= 4 is 5.97 Å². The maximum absolute atomic E-state index is 12.3. The zero-order chi connectivity index (χ0) is 19.7. The fourth-order valence-corrected chi connectivity index (χ4v) is 5.73. The zero-order valence-corrected chi connectivity index (χ0v) is 17.7. The molecule has 2 unspecified atom stereocenters. The number of rotatable bonds is 6. The summed E-state index contributed by atoms with van der Waals surface area (Å²) < 4.78 is 11.4. The van der Waals surface area contributed by atoms with Crippen molar-refractivity contribution in [1.82, 2.24) is 4.90 Å². The lowest BCUT2D eigenvalue weighted by molar-refractivity contribution is -0.158. The van der Waals surface area contributed by atoms with Gasteiger partial charge in [-0.25, -0.2) is 4.79 Å². The van der Waals surface area contributed by atoms with Crippen LogP contribution >= 0.6 is 0 Å². The van der Waals surface area contributed by atoms with Crippen molar-refractivity contribution in [3.63, 3.8) is 0 Å². The number of esters is 1. The Morgan fingerprint density at radius 3 is 2.50 bits per heavy atom. The van der Waals surface area contributed by atoms with Crippen LogP contribution in [-0.2, 0) is 9.53 Å². The number of benzene rings is 1. The Morgan fingerprint density at radius 1 is 1.11 bits per heavy atom. The monoisotopic (exact) mass is 385 g/mol. The highest BCUT2D eigenvalue weighted by molar-refractivity contribution is 5.79. The maximum atomic E-state index is 12.3. The molecule has 4 heteroatoms. The summed E-state index contributed by atoms with van der Waals surface area (Å²) in [6, 6.07) is 9.09. The standard InChI is InChI=1S/C24H35NO3/c1-4-27-23(26)24(2,3)28-22-8-6-5-7-20(22)18-11-13-25(14-12-18)21-16-17-9-10-19(21)15-17/h5-8,17-19,21H,4,9-16H2,1-3H3/t17?,19?,21-/m0/s1. The molecular weight excluding hydrogens is 350 g/mol. The Morgan fingerprint density at radius 2 is 1.86 bits per heavy atom. The van der Waals surface area contributed by atoms with E-state index >= 15 is 0 Å². The van der Waals surface area contributed by atoms with Gasteiger partial charge in [-0.05, 0) is 95.3 Å². The van der Waals surface area contributed by atoms with Gasteiger partial charge in [0.1, 0.15) is 5.75 Å². The Hall–Kier alpha value is -1.55.